The van der Waals surface area contributed by atoms with Gasteiger partial charge < -0.3 is 14.6 Å². The number of aromatic hydroxyl groups is 1. The molecule has 0 unspecified atom stereocenters. The van der Waals surface area contributed by atoms with E-state index >= 15 is 0 Å². The predicted molar refractivity (Wildman–Crippen MR) is 96.3 cm³/mol. The van der Waals surface area contributed by atoms with E-state index in [0.29, 0.717) is 22.8 Å². The van der Waals surface area contributed by atoms with E-state index in [1.54, 1.807) is 19.1 Å². The third-order valence-corrected chi connectivity index (χ3v) is 3.64. The molecule has 0 bridgehead atoms. The number of ether oxygens (including phenoxy) is 2. The summed E-state index contributed by atoms with van der Waals surface area (Å²) in [5, 5.41) is 13.9. The molecule has 0 aliphatic heterocycles. The van der Waals surface area contributed by atoms with Crippen LogP contribution < -0.4 is 14.9 Å². The van der Waals surface area contributed by atoms with Crippen molar-refractivity contribution < 1.29 is 19.4 Å². The number of benzene rings is 2. The SMILES string of the molecule is CCc1ccc(OCC(=O)N/N=C(\C)c2ccc(OC)cc2O)cc1. The van der Waals surface area contributed by atoms with Gasteiger partial charge in [0.2, 0.25) is 0 Å². The van der Waals surface area contributed by atoms with Crippen molar-refractivity contribution in [3.8, 4) is 17.2 Å². The second-order valence-corrected chi connectivity index (χ2v) is 5.40. The Labute approximate surface area is 147 Å². The van der Waals surface area contributed by atoms with E-state index in [-0.39, 0.29) is 18.3 Å². The Morgan fingerprint density at radius 1 is 1.16 bits per heavy atom. The number of phenols is 1. The first-order chi connectivity index (χ1) is 12.0. The fourth-order valence-corrected chi connectivity index (χ4v) is 2.15. The third-order valence-electron chi connectivity index (χ3n) is 3.64. The fourth-order valence-electron chi connectivity index (χ4n) is 2.15. The molecule has 2 aromatic carbocycles. The normalized spacial score (nSPS) is 11.1. The van der Waals surface area contributed by atoms with Crippen molar-refractivity contribution in [3.63, 3.8) is 0 Å². The zero-order chi connectivity index (χ0) is 18.2. The Morgan fingerprint density at radius 3 is 2.44 bits per heavy atom. The van der Waals surface area contributed by atoms with Gasteiger partial charge in [-0.2, -0.15) is 5.10 Å². The van der Waals surface area contributed by atoms with Gasteiger partial charge in [-0.1, -0.05) is 19.1 Å². The van der Waals surface area contributed by atoms with Crippen LogP contribution in [0.2, 0.25) is 0 Å². The molecule has 0 spiro atoms. The Morgan fingerprint density at radius 2 is 1.84 bits per heavy atom. The number of carbonyl (C=O) groups excluding carboxylic acids is 1. The molecule has 0 saturated heterocycles. The highest BCUT2D eigenvalue weighted by Gasteiger charge is 2.08. The largest absolute Gasteiger partial charge is 0.507 e. The van der Waals surface area contributed by atoms with Crippen LogP contribution in [0.5, 0.6) is 17.2 Å². The van der Waals surface area contributed by atoms with Gasteiger partial charge in [-0.3, -0.25) is 4.79 Å². The Kier molecular flexibility index (Phi) is 6.39. The van der Waals surface area contributed by atoms with Crippen molar-refractivity contribution in [2.45, 2.75) is 20.3 Å². The smallest absolute Gasteiger partial charge is 0.277 e. The average molecular weight is 342 g/mol. The van der Waals surface area contributed by atoms with E-state index in [4.69, 9.17) is 9.47 Å². The van der Waals surface area contributed by atoms with Crippen LogP contribution in [0.15, 0.2) is 47.6 Å². The number of amides is 1. The maximum absolute atomic E-state index is 11.8. The lowest BCUT2D eigenvalue weighted by molar-refractivity contribution is -0.123. The second-order valence-electron chi connectivity index (χ2n) is 5.40. The van der Waals surface area contributed by atoms with Gasteiger partial charge in [0.25, 0.3) is 5.91 Å². The minimum Gasteiger partial charge on any atom is -0.507 e. The molecule has 0 radical (unpaired) electrons. The Balaban J connectivity index is 1.90. The van der Waals surface area contributed by atoms with Gasteiger partial charge in [-0.25, -0.2) is 5.43 Å². The number of hydrazone groups is 1. The van der Waals surface area contributed by atoms with E-state index in [1.165, 1.54) is 18.7 Å². The lowest BCUT2D eigenvalue weighted by atomic mass is 10.1. The van der Waals surface area contributed by atoms with Crippen LogP contribution in [-0.4, -0.2) is 30.4 Å². The van der Waals surface area contributed by atoms with E-state index in [1.807, 2.05) is 24.3 Å². The van der Waals surface area contributed by atoms with Crippen LogP contribution in [0, 0.1) is 0 Å². The molecular weight excluding hydrogens is 320 g/mol. The summed E-state index contributed by atoms with van der Waals surface area (Å²) in [6, 6.07) is 12.4. The summed E-state index contributed by atoms with van der Waals surface area (Å²) in [6.07, 6.45) is 0.951. The Bertz CT molecular complexity index is 755. The number of nitrogens with zero attached hydrogens (tertiary/aromatic N) is 1. The molecule has 132 valence electrons. The lowest BCUT2D eigenvalue weighted by Crippen LogP contribution is -2.25. The molecule has 0 atom stereocenters. The number of rotatable bonds is 7. The molecule has 0 fully saturated rings. The molecule has 2 rings (SSSR count). The van der Waals surface area contributed by atoms with E-state index in [0.717, 1.165) is 6.42 Å². The first-order valence-corrected chi connectivity index (χ1v) is 7.95. The van der Waals surface area contributed by atoms with Crippen molar-refractivity contribution in [2.75, 3.05) is 13.7 Å². The fraction of sp³-hybridized carbons (Fsp3) is 0.263. The summed E-state index contributed by atoms with van der Waals surface area (Å²) in [7, 11) is 1.52. The van der Waals surface area contributed by atoms with Gasteiger partial charge in [-0.05, 0) is 43.2 Å². The van der Waals surface area contributed by atoms with E-state index in [2.05, 4.69) is 17.5 Å². The standard InChI is InChI=1S/C19H22N2O4/c1-4-14-5-7-15(8-6-14)25-12-19(23)21-20-13(2)17-10-9-16(24-3)11-18(17)22/h5-11,22H,4,12H2,1-3H3,(H,21,23)/b20-13+. The van der Waals surface area contributed by atoms with Gasteiger partial charge >= 0.3 is 0 Å². The van der Waals surface area contributed by atoms with Crippen LogP contribution in [0.4, 0.5) is 0 Å². The van der Waals surface area contributed by atoms with Crippen LogP contribution in [0.1, 0.15) is 25.0 Å². The molecule has 0 aliphatic carbocycles. The number of hydrogen-bond acceptors (Lipinski definition) is 5. The van der Waals surface area contributed by atoms with Crippen molar-refractivity contribution in [1.82, 2.24) is 5.43 Å². The third kappa shape index (κ3) is 5.24. The molecular formula is C19H22N2O4. The summed E-state index contributed by atoms with van der Waals surface area (Å²) in [5.41, 5.74) is 4.60. The molecule has 0 aliphatic rings. The molecule has 0 saturated carbocycles. The van der Waals surface area contributed by atoms with Crippen molar-refractivity contribution >= 4 is 11.6 Å². The van der Waals surface area contributed by atoms with Gasteiger partial charge in [-0.15, -0.1) is 0 Å². The molecule has 6 heteroatoms. The number of methoxy groups -OCH3 is 1. The van der Waals surface area contributed by atoms with Crippen LogP contribution in [0.25, 0.3) is 0 Å². The van der Waals surface area contributed by atoms with Crippen molar-refractivity contribution in [3.05, 3.63) is 53.6 Å². The van der Waals surface area contributed by atoms with E-state index in [9.17, 15) is 9.90 Å². The highest BCUT2D eigenvalue weighted by Crippen LogP contribution is 2.23. The minimum absolute atomic E-state index is 0.0297. The molecule has 2 N–H and O–H groups in total. The lowest BCUT2D eigenvalue weighted by Gasteiger charge is -2.08. The molecule has 2 aromatic rings. The zero-order valence-corrected chi connectivity index (χ0v) is 14.6. The van der Waals surface area contributed by atoms with Crippen LogP contribution >= 0.6 is 0 Å². The summed E-state index contributed by atoms with van der Waals surface area (Å²) in [5.74, 6) is 0.815. The maximum atomic E-state index is 11.8. The summed E-state index contributed by atoms with van der Waals surface area (Å²) in [4.78, 5) is 11.8. The van der Waals surface area contributed by atoms with Crippen LogP contribution in [-0.2, 0) is 11.2 Å². The van der Waals surface area contributed by atoms with Crippen molar-refractivity contribution in [1.29, 1.82) is 0 Å². The highest BCUT2D eigenvalue weighted by molar-refractivity contribution is 6.01. The average Bonchev–Trinajstić information content (AvgIpc) is 2.64. The van der Waals surface area contributed by atoms with E-state index < -0.39 is 0 Å². The first-order valence-electron chi connectivity index (χ1n) is 7.95. The molecule has 25 heavy (non-hydrogen) atoms. The van der Waals surface area contributed by atoms with Crippen LogP contribution in [0.3, 0.4) is 0 Å². The minimum atomic E-state index is -0.382. The summed E-state index contributed by atoms with van der Waals surface area (Å²) >= 11 is 0. The maximum Gasteiger partial charge on any atom is 0.277 e. The predicted octanol–water partition coefficient (Wildman–Crippen LogP) is 2.88. The zero-order valence-electron chi connectivity index (χ0n) is 14.6. The van der Waals surface area contributed by atoms with Gasteiger partial charge in [0.15, 0.2) is 6.61 Å². The second kappa shape index (κ2) is 8.73. The van der Waals surface area contributed by atoms with Crippen molar-refractivity contribution in [2.24, 2.45) is 5.10 Å². The molecule has 6 nitrogen and oxygen atoms in total. The topological polar surface area (TPSA) is 80.2 Å². The Hall–Kier alpha value is -3.02. The quantitative estimate of drug-likeness (QED) is 0.599. The monoisotopic (exact) mass is 342 g/mol. The number of phenolic OH excluding ortho intramolecular Hbond substituents is 1. The van der Waals surface area contributed by atoms with Gasteiger partial charge in [0, 0.05) is 11.6 Å². The number of aryl methyl sites for hydroxylation is 1. The molecule has 0 aromatic heterocycles. The van der Waals surface area contributed by atoms with Gasteiger partial charge in [0.05, 0.1) is 12.8 Å². The molecule has 1 amide bonds. The number of carbonyl (C=O) groups is 1. The highest BCUT2D eigenvalue weighted by atomic mass is 16.5. The van der Waals surface area contributed by atoms with Gasteiger partial charge in [0.1, 0.15) is 17.2 Å². The summed E-state index contributed by atoms with van der Waals surface area (Å²) in [6.45, 7) is 3.62. The molecule has 0 heterocycles. The number of nitrogens with one attached hydrogen (secondary N) is 1. The first kappa shape index (κ1) is 18.3. The summed E-state index contributed by atoms with van der Waals surface area (Å²) < 4.78 is 10.4. The number of hydrogen-bond donors (Lipinski definition) is 2.